The second-order valence-electron chi connectivity index (χ2n) is 3.59. The topological polar surface area (TPSA) is 53.4 Å². The van der Waals surface area contributed by atoms with Crippen molar-refractivity contribution in [3.05, 3.63) is 29.6 Å². The smallest absolute Gasteiger partial charge is 0.354 e. The van der Waals surface area contributed by atoms with Gasteiger partial charge in [0, 0.05) is 12.7 Å². The van der Waals surface area contributed by atoms with E-state index >= 15 is 0 Å². The van der Waals surface area contributed by atoms with E-state index in [0.717, 1.165) is 25.1 Å². The first kappa shape index (κ1) is 11.7. The zero-order chi connectivity index (χ0) is 11.3. The SMILES string of the molecule is CCCN(C)Cc1ccnc(C(=O)O)c1. The third-order valence-electron chi connectivity index (χ3n) is 2.10. The Labute approximate surface area is 89.6 Å². The van der Waals surface area contributed by atoms with Crippen LogP contribution in [0.25, 0.3) is 0 Å². The maximum absolute atomic E-state index is 10.7. The summed E-state index contributed by atoms with van der Waals surface area (Å²) in [5, 5.41) is 8.77. The molecule has 1 rings (SSSR count). The van der Waals surface area contributed by atoms with Crippen LogP contribution < -0.4 is 0 Å². The number of pyridine rings is 1. The van der Waals surface area contributed by atoms with Gasteiger partial charge in [-0.1, -0.05) is 6.92 Å². The highest BCUT2D eigenvalue weighted by Gasteiger charge is 2.06. The van der Waals surface area contributed by atoms with Crippen LogP contribution in [-0.4, -0.2) is 34.6 Å². The quantitative estimate of drug-likeness (QED) is 0.799. The lowest BCUT2D eigenvalue weighted by molar-refractivity contribution is 0.0690. The number of hydrogen-bond donors (Lipinski definition) is 1. The summed E-state index contributed by atoms with van der Waals surface area (Å²) in [6.45, 7) is 3.88. The van der Waals surface area contributed by atoms with Crippen LogP contribution in [0.1, 0.15) is 29.4 Å². The minimum Gasteiger partial charge on any atom is -0.477 e. The Bertz CT molecular complexity index is 339. The van der Waals surface area contributed by atoms with Crippen molar-refractivity contribution in [3.63, 3.8) is 0 Å². The number of carboxylic acid groups (broad SMARTS) is 1. The fourth-order valence-electron chi connectivity index (χ4n) is 1.46. The van der Waals surface area contributed by atoms with Crippen molar-refractivity contribution >= 4 is 5.97 Å². The first-order valence-electron chi connectivity index (χ1n) is 5.00. The molecule has 0 aliphatic carbocycles. The Kier molecular flexibility index (Phi) is 4.24. The standard InChI is InChI=1S/C11H16N2O2/c1-3-6-13(2)8-9-4-5-12-10(7-9)11(14)15/h4-5,7H,3,6,8H2,1-2H3,(H,14,15). The molecule has 15 heavy (non-hydrogen) atoms. The number of rotatable bonds is 5. The van der Waals surface area contributed by atoms with Crippen molar-refractivity contribution in [1.29, 1.82) is 0 Å². The lowest BCUT2D eigenvalue weighted by Crippen LogP contribution is -2.18. The lowest BCUT2D eigenvalue weighted by atomic mass is 10.2. The van der Waals surface area contributed by atoms with E-state index < -0.39 is 5.97 Å². The molecular formula is C11H16N2O2. The lowest BCUT2D eigenvalue weighted by Gasteiger charge is -2.15. The average Bonchev–Trinajstić information content (AvgIpc) is 2.18. The van der Waals surface area contributed by atoms with E-state index in [4.69, 9.17) is 5.11 Å². The molecule has 0 aliphatic rings. The summed E-state index contributed by atoms with van der Waals surface area (Å²) < 4.78 is 0. The summed E-state index contributed by atoms with van der Waals surface area (Å²) in [4.78, 5) is 16.6. The van der Waals surface area contributed by atoms with Gasteiger partial charge in [-0.3, -0.25) is 0 Å². The minimum atomic E-state index is -0.977. The van der Waals surface area contributed by atoms with E-state index in [-0.39, 0.29) is 5.69 Å². The number of aromatic carboxylic acids is 1. The van der Waals surface area contributed by atoms with E-state index in [1.54, 1.807) is 12.3 Å². The number of aromatic nitrogens is 1. The van der Waals surface area contributed by atoms with E-state index in [1.165, 1.54) is 0 Å². The Hall–Kier alpha value is -1.42. The van der Waals surface area contributed by atoms with Gasteiger partial charge in [-0.2, -0.15) is 0 Å². The monoisotopic (exact) mass is 208 g/mol. The first-order valence-corrected chi connectivity index (χ1v) is 5.00. The highest BCUT2D eigenvalue weighted by atomic mass is 16.4. The van der Waals surface area contributed by atoms with E-state index in [0.29, 0.717) is 0 Å². The van der Waals surface area contributed by atoms with E-state index in [2.05, 4.69) is 16.8 Å². The van der Waals surface area contributed by atoms with Crippen molar-refractivity contribution in [1.82, 2.24) is 9.88 Å². The predicted octanol–water partition coefficient (Wildman–Crippen LogP) is 1.62. The molecule has 1 heterocycles. The molecule has 0 radical (unpaired) electrons. The second kappa shape index (κ2) is 5.46. The number of carbonyl (C=O) groups is 1. The normalized spacial score (nSPS) is 10.6. The summed E-state index contributed by atoms with van der Waals surface area (Å²) >= 11 is 0. The summed E-state index contributed by atoms with van der Waals surface area (Å²) in [6, 6.07) is 3.47. The molecule has 0 amide bonds. The fraction of sp³-hybridized carbons (Fsp3) is 0.455. The van der Waals surface area contributed by atoms with Crippen LogP contribution in [0.4, 0.5) is 0 Å². The van der Waals surface area contributed by atoms with Crippen LogP contribution in [0.2, 0.25) is 0 Å². The Morgan fingerprint density at radius 3 is 2.93 bits per heavy atom. The zero-order valence-electron chi connectivity index (χ0n) is 9.10. The van der Waals surface area contributed by atoms with Crippen LogP contribution in [0.3, 0.4) is 0 Å². The molecule has 1 aromatic rings. The molecule has 0 saturated carbocycles. The summed E-state index contributed by atoms with van der Waals surface area (Å²) in [6.07, 6.45) is 2.63. The summed E-state index contributed by atoms with van der Waals surface area (Å²) in [5.41, 5.74) is 1.09. The van der Waals surface area contributed by atoms with Crippen molar-refractivity contribution in [2.45, 2.75) is 19.9 Å². The molecule has 82 valence electrons. The average molecular weight is 208 g/mol. The van der Waals surface area contributed by atoms with Gasteiger partial charge in [-0.25, -0.2) is 9.78 Å². The third kappa shape index (κ3) is 3.67. The molecule has 0 aliphatic heterocycles. The largest absolute Gasteiger partial charge is 0.477 e. The summed E-state index contributed by atoms with van der Waals surface area (Å²) in [5.74, 6) is -0.977. The predicted molar refractivity (Wildman–Crippen MR) is 57.8 cm³/mol. The number of hydrogen-bond acceptors (Lipinski definition) is 3. The minimum absolute atomic E-state index is 0.109. The molecular weight excluding hydrogens is 192 g/mol. The van der Waals surface area contributed by atoms with Gasteiger partial charge < -0.3 is 10.0 Å². The molecule has 0 unspecified atom stereocenters. The molecule has 1 aromatic heterocycles. The van der Waals surface area contributed by atoms with Gasteiger partial charge in [-0.15, -0.1) is 0 Å². The maximum Gasteiger partial charge on any atom is 0.354 e. The third-order valence-corrected chi connectivity index (χ3v) is 2.10. The highest BCUT2D eigenvalue weighted by Crippen LogP contribution is 2.05. The molecule has 4 nitrogen and oxygen atoms in total. The molecule has 4 heteroatoms. The summed E-state index contributed by atoms with van der Waals surface area (Å²) in [7, 11) is 2.02. The molecule has 0 saturated heterocycles. The van der Waals surface area contributed by atoms with Gasteiger partial charge in [-0.05, 0) is 37.7 Å². The van der Waals surface area contributed by atoms with Crippen molar-refractivity contribution in [3.8, 4) is 0 Å². The molecule has 0 spiro atoms. The van der Waals surface area contributed by atoms with E-state index in [9.17, 15) is 4.79 Å². The van der Waals surface area contributed by atoms with Crippen molar-refractivity contribution in [2.75, 3.05) is 13.6 Å². The van der Waals surface area contributed by atoms with Gasteiger partial charge in [0.1, 0.15) is 5.69 Å². The second-order valence-corrected chi connectivity index (χ2v) is 3.59. The Balaban J connectivity index is 2.69. The molecule has 0 bridgehead atoms. The molecule has 0 fully saturated rings. The van der Waals surface area contributed by atoms with Crippen molar-refractivity contribution < 1.29 is 9.90 Å². The van der Waals surface area contributed by atoms with Gasteiger partial charge in [0.15, 0.2) is 0 Å². The van der Waals surface area contributed by atoms with Crippen molar-refractivity contribution in [2.24, 2.45) is 0 Å². The van der Waals surface area contributed by atoms with Crippen LogP contribution in [0, 0.1) is 0 Å². The Morgan fingerprint density at radius 2 is 2.33 bits per heavy atom. The first-order chi connectivity index (χ1) is 7.13. The number of carboxylic acids is 1. The Morgan fingerprint density at radius 1 is 1.60 bits per heavy atom. The maximum atomic E-state index is 10.7. The molecule has 0 aromatic carbocycles. The van der Waals surface area contributed by atoms with Gasteiger partial charge in [0.2, 0.25) is 0 Å². The van der Waals surface area contributed by atoms with Crippen LogP contribution in [-0.2, 0) is 6.54 Å². The van der Waals surface area contributed by atoms with Gasteiger partial charge in [0.25, 0.3) is 0 Å². The van der Waals surface area contributed by atoms with E-state index in [1.807, 2.05) is 13.1 Å². The molecule has 0 atom stereocenters. The van der Waals surface area contributed by atoms with Gasteiger partial charge in [0.05, 0.1) is 0 Å². The molecule has 1 N–H and O–H groups in total. The van der Waals surface area contributed by atoms with Crippen LogP contribution in [0.15, 0.2) is 18.3 Å². The van der Waals surface area contributed by atoms with Crippen LogP contribution in [0.5, 0.6) is 0 Å². The van der Waals surface area contributed by atoms with Crippen LogP contribution >= 0.6 is 0 Å². The number of nitrogens with zero attached hydrogens (tertiary/aromatic N) is 2. The zero-order valence-corrected chi connectivity index (χ0v) is 9.10. The highest BCUT2D eigenvalue weighted by molar-refractivity contribution is 5.85. The van der Waals surface area contributed by atoms with Gasteiger partial charge >= 0.3 is 5.97 Å². The fourth-order valence-corrected chi connectivity index (χ4v) is 1.46.